The van der Waals surface area contributed by atoms with Crippen molar-refractivity contribution in [3.8, 4) is 11.5 Å². The van der Waals surface area contributed by atoms with Crippen LogP contribution >= 0.6 is 0 Å². The van der Waals surface area contributed by atoms with Gasteiger partial charge in [0.25, 0.3) is 0 Å². The van der Waals surface area contributed by atoms with Gasteiger partial charge in [-0.3, -0.25) is 0 Å². The zero-order valence-electron chi connectivity index (χ0n) is 18.0. The second-order valence-electron chi connectivity index (χ2n) is 7.72. The molecule has 1 aliphatic carbocycles. The number of para-hydroxylation sites is 1. The van der Waals surface area contributed by atoms with Crippen LogP contribution in [0.25, 0.3) is 0 Å². The molecule has 3 aromatic rings. The van der Waals surface area contributed by atoms with Crippen molar-refractivity contribution in [2.45, 2.75) is 31.8 Å². The molecule has 0 heterocycles. The maximum Gasteiger partial charge on any atom is 0.322 e. The fourth-order valence-electron chi connectivity index (χ4n) is 4.27. The van der Waals surface area contributed by atoms with Crippen LogP contribution < -0.4 is 14.8 Å². The molecule has 0 aliphatic heterocycles. The molecular formula is C26H28N2O3. The van der Waals surface area contributed by atoms with Crippen LogP contribution in [0.1, 0.15) is 35.6 Å². The van der Waals surface area contributed by atoms with Crippen LogP contribution in [0.5, 0.6) is 11.5 Å². The largest absolute Gasteiger partial charge is 0.493 e. The van der Waals surface area contributed by atoms with E-state index < -0.39 is 0 Å². The Morgan fingerprint density at radius 2 is 1.71 bits per heavy atom. The summed E-state index contributed by atoms with van der Waals surface area (Å²) in [5.41, 5.74) is 4.33. The first-order valence-corrected chi connectivity index (χ1v) is 10.6. The molecule has 2 amide bonds. The van der Waals surface area contributed by atoms with Gasteiger partial charge in [0.15, 0.2) is 11.5 Å². The molecule has 0 aromatic heterocycles. The molecule has 0 radical (unpaired) electrons. The van der Waals surface area contributed by atoms with Crippen molar-refractivity contribution in [2.75, 3.05) is 19.5 Å². The number of nitrogens with one attached hydrogen (secondary N) is 1. The summed E-state index contributed by atoms with van der Waals surface area (Å²) in [4.78, 5) is 15.4. The highest BCUT2D eigenvalue weighted by Gasteiger charge is 2.29. The topological polar surface area (TPSA) is 50.8 Å². The number of carbonyl (C=O) groups excluding carboxylic acids is 1. The van der Waals surface area contributed by atoms with Crippen molar-refractivity contribution in [1.29, 1.82) is 0 Å². The molecule has 1 aliphatic rings. The Bertz CT molecular complexity index is 1040. The average Bonchev–Trinajstić information content (AvgIpc) is 2.82. The second-order valence-corrected chi connectivity index (χ2v) is 7.72. The monoisotopic (exact) mass is 416 g/mol. The lowest BCUT2D eigenvalue weighted by atomic mass is 9.86. The van der Waals surface area contributed by atoms with Crippen LogP contribution in [0.4, 0.5) is 10.5 Å². The lowest BCUT2D eigenvalue weighted by Gasteiger charge is -2.36. The third-order valence-corrected chi connectivity index (χ3v) is 5.80. The zero-order valence-corrected chi connectivity index (χ0v) is 18.0. The minimum Gasteiger partial charge on any atom is -0.493 e. The van der Waals surface area contributed by atoms with Gasteiger partial charge in [-0.25, -0.2) is 4.79 Å². The van der Waals surface area contributed by atoms with Gasteiger partial charge in [0.2, 0.25) is 0 Å². The summed E-state index contributed by atoms with van der Waals surface area (Å²) >= 11 is 0. The third-order valence-electron chi connectivity index (χ3n) is 5.80. The van der Waals surface area contributed by atoms with Crippen LogP contribution in [0.3, 0.4) is 0 Å². The lowest BCUT2D eigenvalue weighted by molar-refractivity contribution is 0.175. The van der Waals surface area contributed by atoms with E-state index in [1.165, 1.54) is 11.1 Å². The van der Waals surface area contributed by atoms with Gasteiger partial charge in [0.1, 0.15) is 0 Å². The van der Waals surface area contributed by atoms with Crippen molar-refractivity contribution in [1.82, 2.24) is 4.90 Å². The number of nitrogens with zero attached hydrogens (tertiary/aromatic N) is 1. The van der Waals surface area contributed by atoms with Crippen LogP contribution in [-0.4, -0.2) is 25.2 Å². The van der Waals surface area contributed by atoms with E-state index in [1.807, 2.05) is 53.4 Å². The average molecular weight is 417 g/mol. The molecule has 160 valence electrons. The molecule has 4 rings (SSSR count). The normalized spacial score (nSPS) is 15.0. The number of amides is 2. The van der Waals surface area contributed by atoms with Gasteiger partial charge < -0.3 is 19.7 Å². The van der Waals surface area contributed by atoms with Gasteiger partial charge in [0, 0.05) is 12.2 Å². The molecule has 0 bridgehead atoms. The number of hydrogen-bond acceptors (Lipinski definition) is 3. The van der Waals surface area contributed by atoms with E-state index in [-0.39, 0.29) is 12.1 Å². The molecule has 0 saturated heterocycles. The molecule has 1 N–H and O–H groups in total. The summed E-state index contributed by atoms with van der Waals surface area (Å²) < 4.78 is 10.8. The van der Waals surface area contributed by atoms with Crippen molar-refractivity contribution >= 4 is 11.7 Å². The Morgan fingerprint density at radius 3 is 2.48 bits per heavy atom. The maximum atomic E-state index is 13.5. The number of benzene rings is 3. The molecule has 0 fully saturated rings. The fourth-order valence-corrected chi connectivity index (χ4v) is 4.27. The number of anilines is 1. The summed E-state index contributed by atoms with van der Waals surface area (Å²) in [6, 6.07) is 23.8. The Labute approximate surface area is 183 Å². The molecule has 0 spiro atoms. The van der Waals surface area contributed by atoms with Gasteiger partial charge >= 0.3 is 6.03 Å². The van der Waals surface area contributed by atoms with E-state index in [0.717, 1.165) is 30.5 Å². The SMILES string of the molecule is COc1ccc(CN(C(=O)Nc2ccccc2)C2CCCc3ccccc32)cc1OC. The molecule has 1 unspecified atom stereocenters. The van der Waals surface area contributed by atoms with Gasteiger partial charge in [-0.1, -0.05) is 48.5 Å². The Balaban J connectivity index is 1.67. The maximum absolute atomic E-state index is 13.5. The molecule has 0 saturated carbocycles. The van der Waals surface area contributed by atoms with Crippen molar-refractivity contribution < 1.29 is 14.3 Å². The fraction of sp³-hybridized carbons (Fsp3) is 0.269. The summed E-state index contributed by atoms with van der Waals surface area (Å²) in [6.45, 7) is 0.470. The van der Waals surface area contributed by atoms with Crippen LogP contribution in [0.15, 0.2) is 72.8 Å². The number of ether oxygens (including phenoxy) is 2. The van der Waals surface area contributed by atoms with Crippen LogP contribution in [-0.2, 0) is 13.0 Å². The minimum absolute atomic E-state index is 0.0155. The Morgan fingerprint density at radius 1 is 0.968 bits per heavy atom. The van der Waals surface area contributed by atoms with E-state index >= 15 is 0 Å². The minimum atomic E-state index is -0.109. The Kier molecular flexibility index (Phi) is 6.41. The number of aryl methyl sites for hydroxylation is 1. The Hall–Kier alpha value is -3.47. The van der Waals surface area contributed by atoms with E-state index in [0.29, 0.717) is 18.0 Å². The van der Waals surface area contributed by atoms with Gasteiger partial charge in [-0.2, -0.15) is 0 Å². The number of urea groups is 1. The number of hydrogen-bond donors (Lipinski definition) is 1. The van der Waals surface area contributed by atoms with Gasteiger partial charge in [0.05, 0.1) is 20.3 Å². The highest BCUT2D eigenvalue weighted by Crippen LogP contribution is 2.36. The van der Waals surface area contributed by atoms with Crippen molar-refractivity contribution in [3.05, 3.63) is 89.5 Å². The lowest BCUT2D eigenvalue weighted by Crippen LogP contribution is -2.39. The highest BCUT2D eigenvalue weighted by molar-refractivity contribution is 5.89. The molecule has 5 heteroatoms. The predicted molar refractivity (Wildman–Crippen MR) is 123 cm³/mol. The van der Waals surface area contributed by atoms with Crippen LogP contribution in [0, 0.1) is 0 Å². The summed E-state index contributed by atoms with van der Waals surface area (Å²) in [7, 11) is 3.25. The molecule has 3 aromatic carbocycles. The van der Waals surface area contributed by atoms with E-state index in [9.17, 15) is 4.79 Å². The van der Waals surface area contributed by atoms with Gasteiger partial charge in [-0.15, -0.1) is 0 Å². The first-order chi connectivity index (χ1) is 15.2. The first-order valence-electron chi connectivity index (χ1n) is 10.6. The summed E-state index contributed by atoms with van der Waals surface area (Å²) in [5, 5.41) is 3.07. The number of carbonyl (C=O) groups is 1. The number of methoxy groups -OCH3 is 2. The summed E-state index contributed by atoms with van der Waals surface area (Å²) in [6.07, 6.45) is 3.05. The van der Waals surface area contributed by atoms with E-state index in [2.05, 4.69) is 29.6 Å². The molecule has 31 heavy (non-hydrogen) atoms. The van der Waals surface area contributed by atoms with Crippen molar-refractivity contribution in [3.63, 3.8) is 0 Å². The molecule has 5 nitrogen and oxygen atoms in total. The van der Waals surface area contributed by atoms with E-state index in [1.54, 1.807) is 14.2 Å². The van der Waals surface area contributed by atoms with E-state index in [4.69, 9.17) is 9.47 Å². The third kappa shape index (κ3) is 4.66. The number of fused-ring (bicyclic) bond motifs is 1. The molecule has 1 atom stereocenters. The second kappa shape index (κ2) is 9.56. The number of rotatable bonds is 6. The zero-order chi connectivity index (χ0) is 21.6. The molecular weight excluding hydrogens is 388 g/mol. The summed E-state index contributed by atoms with van der Waals surface area (Å²) in [5.74, 6) is 1.34. The van der Waals surface area contributed by atoms with Crippen LogP contribution in [0.2, 0.25) is 0 Å². The predicted octanol–water partition coefficient (Wildman–Crippen LogP) is 5.82. The van der Waals surface area contributed by atoms with Crippen molar-refractivity contribution in [2.24, 2.45) is 0 Å². The first kappa shape index (κ1) is 20.8. The quantitative estimate of drug-likeness (QED) is 0.551. The standard InChI is InChI=1S/C26H28N2O3/c1-30-24-16-15-19(17-25(24)31-2)18-28(26(29)27-21-11-4-3-5-12-21)23-14-8-10-20-9-6-7-13-22(20)23/h3-7,9,11-13,15-17,23H,8,10,14,18H2,1-2H3,(H,27,29). The highest BCUT2D eigenvalue weighted by atomic mass is 16.5. The van der Waals surface area contributed by atoms with Gasteiger partial charge in [-0.05, 0) is 60.2 Å². The smallest absolute Gasteiger partial charge is 0.322 e.